The van der Waals surface area contributed by atoms with E-state index in [1.54, 1.807) is 6.20 Å². The molecule has 0 spiro atoms. The minimum Gasteiger partial charge on any atom is -0.368 e. The van der Waals surface area contributed by atoms with Gasteiger partial charge in [-0.15, -0.1) is 0 Å². The fourth-order valence-corrected chi connectivity index (χ4v) is 1.25. The molecule has 0 aromatic carbocycles. The van der Waals surface area contributed by atoms with Crippen LogP contribution in [0.5, 0.6) is 0 Å². The van der Waals surface area contributed by atoms with Crippen LogP contribution >= 0.6 is 0 Å². The van der Waals surface area contributed by atoms with Crippen molar-refractivity contribution in [1.29, 1.82) is 0 Å². The van der Waals surface area contributed by atoms with Crippen LogP contribution in [0.1, 0.15) is 23.0 Å². The van der Waals surface area contributed by atoms with Gasteiger partial charge in [0, 0.05) is 13.2 Å². The molecule has 0 aliphatic rings. The molecule has 4 nitrogen and oxygen atoms in total. The molecule has 1 atom stereocenters. The zero-order chi connectivity index (χ0) is 10.7. The first-order valence-electron chi connectivity index (χ1n) is 4.34. The SMILES string of the molecule is Cc1cnc(C(O)N(C)C=O)c(C)c1. The number of hydrogen-bond donors (Lipinski definition) is 1. The van der Waals surface area contributed by atoms with Crippen molar-refractivity contribution in [3.8, 4) is 0 Å². The Bertz CT molecular complexity index is 339. The van der Waals surface area contributed by atoms with Crippen molar-refractivity contribution in [2.24, 2.45) is 0 Å². The Morgan fingerprint density at radius 2 is 2.21 bits per heavy atom. The Kier molecular flexibility index (Phi) is 3.19. The highest BCUT2D eigenvalue weighted by atomic mass is 16.3. The smallest absolute Gasteiger partial charge is 0.211 e. The van der Waals surface area contributed by atoms with Crippen LogP contribution in [0.25, 0.3) is 0 Å². The van der Waals surface area contributed by atoms with Gasteiger partial charge in [0.2, 0.25) is 6.41 Å². The van der Waals surface area contributed by atoms with Crippen LogP contribution in [-0.4, -0.2) is 28.4 Å². The molecule has 1 N–H and O–H groups in total. The fourth-order valence-electron chi connectivity index (χ4n) is 1.25. The van der Waals surface area contributed by atoms with Gasteiger partial charge in [-0.2, -0.15) is 0 Å². The van der Waals surface area contributed by atoms with Gasteiger partial charge in [0.15, 0.2) is 6.23 Å². The fraction of sp³-hybridized carbons (Fsp3) is 0.400. The standard InChI is InChI=1S/C10H14N2O2/c1-7-4-8(2)9(11-5-7)10(14)12(3)6-13/h4-6,10,14H,1-3H3. The molecule has 0 fully saturated rings. The lowest BCUT2D eigenvalue weighted by atomic mass is 10.1. The van der Waals surface area contributed by atoms with Crippen molar-refractivity contribution < 1.29 is 9.90 Å². The number of rotatable bonds is 3. The van der Waals surface area contributed by atoms with Gasteiger partial charge in [0.1, 0.15) is 0 Å². The van der Waals surface area contributed by atoms with Crippen LogP contribution in [0.2, 0.25) is 0 Å². The number of aryl methyl sites for hydroxylation is 2. The highest BCUT2D eigenvalue weighted by molar-refractivity contribution is 5.47. The zero-order valence-corrected chi connectivity index (χ0v) is 8.56. The molecule has 1 rings (SSSR count). The second-order valence-corrected chi connectivity index (χ2v) is 3.36. The topological polar surface area (TPSA) is 53.4 Å². The van der Waals surface area contributed by atoms with Gasteiger partial charge >= 0.3 is 0 Å². The third-order valence-electron chi connectivity index (χ3n) is 2.05. The lowest BCUT2D eigenvalue weighted by Gasteiger charge is -2.19. The number of aliphatic hydroxyl groups is 1. The number of hydrogen-bond acceptors (Lipinski definition) is 3. The molecule has 0 bridgehead atoms. The maximum atomic E-state index is 10.4. The van der Waals surface area contributed by atoms with Crippen molar-refractivity contribution in [2.45, 2.75) is 20.1 Å². The van der Waals surface area contributed by atoms with Gasteiger partial charge in [0.05, 0.1) is 5.69 Å². The number of nitrogens with zero attached hydrogens (tertiary/aromatic N) is 2. The highest BCUT2D eigenvalue weighted by Crippen LogP contribution is 2.17. The van der Waals surface area contributed by atoms with Gasteiger partial charge in [-0.3, -0.25) is 9.78 Å². The molecule has 76 valence electrons. The second-order valence-electron chi connectivity index (χ2n) is 3.36. The maximum Gasteiger partial charge on any atom is 0.211 e. The van der Waals surface area contributed by atoms with Crippen LogP contribution in [0.4, 0.5) is 0 Å². The average Bonchev–Trinajstić information content (AvgIpc) is 2.15. The molecule has 1 aromatic heterocycles. The van der Waals surface area contributed by atoms with Gasteiger partial charge in [-0.25, -0.2) is 0 Å². The van der Waals surface area contributed by atoms with E-state index < -0.39 is 6.23 Å². The summed E-state index contributed by atoms with van der Waals surface area (Å²) in [6.45, 7) is 3.79. The summed E-state index contributed by atoms with van der Waals surface area (Å²) in [6, 6.07) is 1.92. The molecule has 1 amide bonds. The quantitative estimate of drug-likeness (QED) is 0.571. The van der Waals surface area contributed by atoms with E-state index >= 15 is 0 Å². The summed E-state index contributed by atoms with van der Waals surface area (Å²) in [7, 11) is 1.51. The van der Waals surface area contributed by atoms with Crippen LogP contribution < -0.4 is 0 Å². The number of carbonyl (C=O) groups is 1. The van der Waals surface area contributed by atoms with E-state index in [2.05, 4.69) is 4.98 Å². The minimum absolute atomic E-state index is 0.519. The summed E-state index contributed by atoms with van der Waals surface area (Å²) >= 11 is 0. The zero-order valence-electron chi connectivity index (χ0n) is 8.56. The Hall–Kier alpha value is -1.42. The predicted molar refractivity (Wildman–Crippen MR) is 52.5 cm³/mol. The largest absolute Gasteiger partial charge is 0.368 e. The van der Waals surface area contributed by atoms with Crippen molar-refractivity contribution in [2.75, 3.05) is 7.05 Å². The molecule has 0 aliphatic carbocycles. The highest BCUT2D eigenvalue weighted by Gasteiger charge is 2.15. The van der Waals surface area contributed by atoms with Crippen LogP contribution in [0.15, 0.2) is 12.3 Å². The maximum absolute atomic E-state index is 10.4. The monoisotopic (exact) mass is 194 g/mol. The molecule has 14 heavy (non-hydrogen) atoms. The summed E-state index contributed by atoms with van der Waals surface area (Å²) in [5, 5.41) is 9.69. The number of amides is 1. The Balaban J connectivity index is 3.01. The summed E-state index contributed by atoms with van der Waals surface area (Å²) in [6.07, 6.45) is 1.28. The molecule has 0 radical (unpaired) electrons. The van der Waals surface area contributed by atoms with Gasteiger partial charge in [-0.1, -0.05) is 6.07 Å². The Morgan fingerprint density at radius 3 is 2.71 bits per heavy atom. The first kappa shape index (κ1) is 10.7. The normalized spacial score (nSPS) is 12.3. The van der Waals surface area contributed by atoms with E-state index in [1.165, 1.54) is 11.9 Å². The van der Waals surface area contributed by atoms with E-state index in [4.69, 9.17) is 0 Å². The van der Waals surface area contributed by atoms with Crippen molar-refractivity contribution >= 4 is 6.41 Å². The van der Waals surface area contributed by atoms with Crippen LogP contribution in [0.3, 0.4) is 0 Å². The molecule has 1 unspecified atom stereocenters. The molecule has 0 aliphatic heterocycles. The van der Waals surface area contributed by atoms with Crippen molar-refractivity contribution in [3.63, 3.8) is 0 Å². The third kappa shape index (κ3) is 2.09. The van der Waals surface area contributed by atoms with E-state index in [0.717, 1.165) is 11.1 Å². The number of pyridine rings is 1. The van der Waals surface area contributed by atoms with E-state index in [-0.39, 0.29) is 0 Å². The van der Waals surface area contributed by atoms with E-state index in [1.807, 2.05) is 19.9 Å². The second kappa shape index (κ2) is 4.19. The molecular formula is C10H14N2O2. The van der Waals surface area contributed by atoms with Crippen LogP contribution in [0, 0.1) is 13.8 Å². The number of aliphatic hydroxyl groups excluding tert-OH is 1. The Labute approximate surface area is 83.2 Å². The average molecular weight is 194 g/mol. The van der Waals surface area contributed by atoms with Crippen molar-refractivity contribution in [3.05, 3.63) is 29.1 Å². The lowest BCUT2D eigenvalue weighted by Crippen LogP contribution is -2.24. The first-order chi connectivity index (χ1) is 6.56. The Morgan fingerprint density at radius 1 is 1.57 bits per heavy atom. The summed E-state index contributed by atoms with van der Waals surface area (Å²) in [5.41, 5.74) is 2.43. The molecule has 4 heteroatoms. The molecule has 1 aromatic rings. The number of aromatic nitrogens is 1. The molecular weight excluding hydrogens is 180 g/mol. The summed E-state index contributed by atoms with van der Waals surface area (Å²) in [5.74, 6) is 0. The molecule has 0 saturated heterocycles. The lowest BCUT2D eigenvalue weighted by molar-refractivity contribution is -0.125. The summed E-state index contributed by atoms with van der Waals surface area (Å²) in [4.78, 5) is 15.7. The number of carbonyl (C=O) groups excluding carboxylic acids is 1. The predicted octanol–water partition coefficient (Wildman–Crippen LogP) is 0.778. The van der Waals surface area contributed by atoms with E-state index in [9.17, 15) is 9.90 Å². The minimum atomic E-state index is -0.965. The molecule has 0 saturated carbocycles. The first-order valence-corrected chi connectivity index (χ1v) is 4.34. The molecule has 1 heterocycles. The van der Waals surface area contributed by atoms with E-state index in [0.29, 0.717) is 12.1 Å². The van der Waals surface area contributed by atoms with Crippen LogP contribution in [-0.2, 0) is 4.79 Å². The van der Waals surface area contributed by atoms with Gasteiger partial charge in [-0.05, 0) is 25.0 Å². The third-order valence-corrected chi connectivity index (χ3v) is 2.05. The van der Waals surface area contributed by atoms with Gasteiger partial charge < -0.3 is 10.0 Å². The van der Waals surface area contributed by atoms with Gasteiger partial charge in [0.25, 0.3) is 0 Å². The summed E-state index contributed by atoms with van der Waals surface area (Å²) < 4.78 is 0. The van der Waals surface area contributed by atoms with Crippen molar-refractivity contribution in [1.82, 2.24) is 9.88 Å².